The highest BCUT2D eigenvalue weighted by atomic mass is 32.1. The lowest BCUT2D eigenvalue weighted by Crippen LogP contribution is -2.16. The maximum Gasteiger partial charge on any atom is 0.211 e. The number of rotatable bonds is 4. The van der Waals surface area contributed by atoms with Gasteiger partial charge in [-0.3, -0.25) is 0 Å². The van der Waals surface area contributed by atoms with Gasteiger partial charge in [0, 0.05) is 11.1 Å². The largest absolute Gasteiger partial charge is 0.311 e. The minimum Gasteiger partial charge on any atom is -0.311 e. The smallest absolute Gasteiger partial charge is 0.211 e. The quantitative estimate of drug-likeness (QED) is 0.498. The summed E-state index contributed by atoms with van der Waals surface area (Å²) in [5, 5.41) is 10.8. The third-order valence-corrected chi connectivity index (χ3v) is 4.24. The highest BCUT2D eigenvalue weighted by molar-refractivity contribution is 7.07. The SMILES string of the molecule is CC(C)=NN=c1scc(-c2ccccc2)n1Cc1ccccc1. The van der Waals surface area contributed by atoms with Crippen molar-refractivity contribution in [2.75, 3.05) is 0 Å². The molecule has 0 atom stereocenters. The molecule has 0 amide bonds. The molecule has 0 saturated carbocycles. The number of hydrogen-bond acceptors (Lipinski definition) is 3. The third-order valence-electron chi connectivity index (χ3n) is 3.39. The Labute approximate surface area is 140 Å². The topological polar surface area (TPSA) is 29.6 Å². The average Bonchev–Trinajstić information content (AvgIpc) is 2.97. The first-order valence-corrected chi connectivity index (χ1v) is 8.44. The summed E-state index contributed by atoms with van der Waals surface area (Å²) in [6, 6.07) is 20.9. The highest BCUT2D eigenvalue weighted by Crippen LogP contribution is 2.20. The Morgan fingerprint density at radius 3 is 2.26 bits per heavy atom. The zero-order chi connectivity index (χ0) is 16.1. The van der Waals surface area contributed by atoms with Gasteiger partial charge in [-0.1, -0.05) is 60.7 Å². The van der Waals surface area contributed by atoms with Gasteiger partial charge in [0.05, 0.1) is 12.2 Å². The van der Waals surface area contributed by atoms with Crippen LogP contribution in [-0.2, 0) is 6.54 Å². The van der Waals surface area contributed by atoms with E-state index in [1.165, 1.54) is 16.8 Å². The first kappa shape index (κ1) is 15.4. The van der Waals surface area contributed by atoms with Gasteiger partial charge in [0.15, 0.2) is 0 Å². The molecule has 0 N–H and O–H groups in total. The summed E-state index contributed by atoms with van der Waals surface area (Å²) < 4.78 is 2.22. The standard InChI is InChI=1S/C19H19N3S/c1-15(2)20-21-19-22(13-16-9-5-3-6-10-16)18(14-23-19)17-11-7-4-8-12-17/h3-12,14H,13H2,1-2H3. The van der Waals surface area contributed by atoms with E-state index in [0.29, 0.717) is 0 Å². The van der Waals surface area contributed by atoms with Gasteiger partial charge in [0.25, 0.3) is 0 Å². The fourth-order valence-electron chi connectivity index (χ4n) is 2.31. The average molecular weight is 321 g/mol. The molecule has 0 unspecified atom stereocenters. The Morgan fingerprint density at radius 1 is 0.957 bits per heavy atom. The molecule has 3 aromatic rings. The van der Waals surface area contributed by atoms with Crippen molar-refractivity contribution in [3.8, 4) is 11.3 Å². The Morgan fingerprint density at radius 2 is 1.61 bits per heavy atom. The molecule has 3 nitrogen and oxygen atoms in total. The van der Waals surface area contributed by atoms with E-state index < -0.39 is 0 Å². The van der Waals surface area contributed by atoms with Gasteiger partial charge in [0.1, 0.15) is 0 Å². The van der Waals surface area contributed by atoms with E-state index in [0.717, 1.165) is 17.1 Å². The lowest BCUT2D eigenvalue weighted by atomic mass is 10.1. The molecule has 0 radical (unpaired) electrons. The molecular weight excluding hydrogens is 302 g/mol. The van der Waals surface area contributed by atoms with Gasteiger partial charge in [-0.25, -0.2) is 0 Å². The lowest BCUT2D eigenvalue weighted by Gasteiger charge is -2.09. The first-order chi connectivity index (χ1) is 11.2. The van der Waals surface area contributed by atoms with Gasteiger partial charge in [0.2, 0.25) is 4.80 Å². The van der Waals surface area contributed by atoms with Crippen LogP contribution in [0.4, 0.5) is 0 Å². The normalized spacial score (nSPS) is 11.5. The van der Waals surface area contributed by atoms with Crippen molar-refractivity contribution in [3.05, 3.63) is 76.4 Å². The Bertz CT molecular complexity index is 854. The van der Waals surface area contributed by atoms with E-state index in [-0.39, 0.29) is 0 Å². The second-order valence-electron chi connectivity index (χ2n) is 5.49. The van der Waals surface area contributed by atoms with E-state index >= 15 is 0 Å². The molecule has 0 spiro atoms. The number of nitrogens with zero attached hydrogens (tertiary/aromatic N) is 3. The summed E-state index contributed by atoms with van der Waals surface area (Å²) in [7, 11) is 0. The zero-order valence-corrected chi connectivity index (χ0v) is 14.1. The van der Waals surface area contributed by atoms with Crippen molar-refractivity contribution in [3.63, 3.8) is 0 Å². The van der Waals surface area contributed by atoms with Crippen molar-refractivity contribution >= 4 is 17.0 Å². The number of aromatic nitrogens is 1. The molecule has 0 bridgehead atoms. The van der Waals surface area contributed by atoms with Gasteiger partial charge in [-0.2, -0.15) is 5.10 Å². The summed E-state index contributed by atoms with van der Waals surface area (Å²) in [6.45, 7) is 4.69. The maximum atomic E-state index is 4.42. The van der Waals surface area contributed by atoms with E-state index in [1.54, 1.807) is 11.3 Å². The van der Waals surface area contributed by atoms with E-state index in [4.69, 9.17) is 0 Å². The summed E-state index contributed by atoms with van der Waals surface area (Å²) in [4.78, 5) is 0.911. The van der Waals surface area contributed by atoms with Crippen molar-refractivity contribution < 1.29 is 0 Å². The molecule has 4 heteroatoms. The van der Waals surface area contributed by atoms with Crippen LogP contribution in [0.15, 0.2) is 76.2 Å². The summed E-state index contributed by atoms with van der Waals surface area (Å²) in [5.74, 6) is 0. The molecule has 0 saturated heterocycles. The Kier molecular flexibility index (Phi) is 4.83. The summed E-state index contributed by atoms with van der Waals surface area (Å²) in [5.41, 5.74) is 4.56. The number of thiazole rings is 1. The van der Waals surface area contributed by atoms with Crippen LogP contribution in [0.3, 0.4) is 0 Å². The molecule has 1 aromatic heterocycles. The van der Waals surface area contributed by atoms with E-state index in [2.05, 4.69) is 68.7 Å². The molecule has 0 aliphatic rings. The minimum atomic E-state index is 0.783. The molecule has 23 heavy (non-hydrogen) atoms. The number of hydrogen-bond donors (Lipinski definition) is 0. The first-order valence-electron chi connectivity index (χ1n) is 7.56. The van der Waals surface area contributed by atoms with E-state index in [1.807, 2.05) is 26.0 Å². The molecule has 116 valence electrons. The van der Waals surface area contributed by atoms with Crippen molar-refractivity contribution in [2.45, 2.75) is 20.4 Å². The summed E-state index contributed by atoms with van der Waals surface area (Å²) >= 11 is 1.62. The molecule has 3 rings (SSSR count). The van der Waals surface area contributed by atoms with Gasteiger partial charge in [-0.15, -0.1) is 16.4 Å². The van der Waals surface area contributed by atoms with Gasteiger partial charge in [-0.05, 0) is 25.0 Å². The maximum absolute atomic E-state index is 4.42. The number of benzene rings is 2. The Hall–Kier alpha value is -2.46. The molecular formula is C19H19N3S. The second-order valence-corrected chi connectivity index (χ2v) is 6.33. The minimum absolute atomic E-state index is 0.783. The monoisotopic (exact) mass is 321 g/mol. The molecule has 0 aliphatic carbocycles. The fraction of sp³-hybridized carbons (Fsp3) is 0.158. The summed E-state index contributed by atoms with van der Waals surface area (Å²) in [6.07, 6.45) is 0. The van der Waals surface area contributed by atoms with Gasteiger partial charge >= 0.3 is 0 Å². The zero-order valence-electron chi connectivity index (χ0n) is 13.3. The fourth-order valence-corrected chi connectivity index (χ4v) is 3.17. The predicted molar refractivity (Wildman–Crippen MR) is 97.6 cm³/mol. The van der Waals surface area contributed by atoms with Crippen LogP contribution in [0.5, 0.6) is 0 Å². The molecule has 0 fully saturated rings. The molecule has 1 heterocycles. The Balaban J connectivity index is 2.11. The van der Waals surface area contributed by atoms with Crippen molar-refractivity contribution in [1.82, 2.24) is 4.57 Å². The van der Waals surface area contributed by atoms with Crippen LogP contribution in [0.2, 0.25) is 0 Å². The van der Waals surface area contributed by atoms with Crippen molar-refractivity contribution in [1.29, 1.82) is 0 Å². The molecule has 0 aliphatic heterocycles. The predicted octanol–water partition coefficient (Wildman–Crippen LogP) is 4.56. The van der Waals surface area contributed by atoms with Crippen LogP contribution in [0.25, 0.3) is 11.3 Å². The highest BCUT2D eigenvalue weighted by Gasteiger charge is 2.08. The van der Waals surface area contributed by atoms with Gasteiger partial charge < -0.3 is 4.57 Å². The van der Waals surface area contributed by atoms with Crippen LogP contribution in [0, 0.1) is 0 Å². The lowest BCUT2D eigenvalue weighted by molar-refractivity contribution is 0.768. The van der Waals surface area contributed by atoms with E-state index in [9.17, 15) is 0 Å². The van der Waals surface area contributed by atoms with Crippen LogP contribution in [-0.4, -0.2) is 10.3 Å². The van der Waals surface area contributed by atoms with Crippen molar-refractivity contribution in [2.24, 2.45) is 10.2 Å². The van der Waals surface area contributed by atoms with Crippen LogP contribution in [0.1, 0.15) is 19.4 Å². The second kappa shape index (κ2) is 7.20. The third kappa shape index (κ3) is 3.85. The molecule has 2 aromatic carbocycles. The van der Waals surface area contributed by atoms with Crippen LogP contribution < -0.4 is 4.80 Å². The van der Waals surface area contributed by atoms with Crippen LogP contribution >= 0.6 is 11.3 Å².